The Labute approximate surface area is 192 Å². The molecule has 0 bridgehead atoms. The van der Waals surface area contributed by atoms with E-state index in [-0.39, 0.29) is 5.79 Å². The molecule has 3 heteroatoms. The van der Waals surface area contributed by atoms with Crippen molar-refractivity contribution in [2.75, 3.05) is 6.61 Å². The zero-order chi connectivity index (χ0) is 20.9. The standard InChI is InChI=1S/C27H43BrO2/c1-16-13-23(28)27(29-15-16)17(2)24-22(30-27)14-21-19-9-8-18-7-5-6-11-25(18,3)20(19)10-12-26(21,24)4/h16-24H,5-15H2,1-4H3/t16?,17-,18?,19+,20-,21-,22-,23?,24-,25-,26-,27-/m0/s1. The Morgan fingerprint density at radius 2 is 1.70 bits per heavy atom. The van der Waals surface area contributed by atoms with Crippen molar-refractivity contribution in [3.63, 3.8) is 0 Å². The minimum absolute atomic E-state index is 0.337. The highest BCUT2D eigenvalue weighted by atomic mass is 79.9. The number of halogens is 1. The van der Waals surface area contributed by atoms with Gasteiger partial charge in [0.15, 0.2) is 5.79 Å². The molecule has 170 valence electrons. The molecule has 30 heavy (non-hydrogen) atoms. The Kier molecular flexibility index (Phi) is 4.86. The van der Waals surface area contributed by atoms with Crippen LogP contribution in [0.5, 0.6) is 0 Å². The van der Waals surface area contributed by atoms with Crippen molar-refractivity contribution in [1.82, 2.24) is 0 Å². The Hall–Kier alpha value is 0.400. The molecular weight excluding hydrogens is 436 g/mol. The van der Waals surface area contributed by atoms with Crippen LogP contribution in [0.2, 0.25) is 0 Å². The van der Waals surface area contributed by atoms with Crippen LogP contribution in [0.1, 0.15) is 91.9 Å². The fourth-order valence-electron chi connectivity index (χ4n) is 10.4. The average molecular weight is 480 g/mol. The predicted molar refractivity (Wildman–Crippen MR) is 124 cm³/mol. The van der Waals surface area contributed by atoms with Crippen molar-refractivity contribution in [3.05, 3.63) is 0 Å². The van der Waals surface area contributed by atoms with Gasteiger partial charge >= 0.3 is 0 Å². The number of rotatable bonds is 0. The van der Waals surface area contributed by atoms with Crippen molar-refractivity contribution >= 4 is 15.9 Å². The second kappa shape index (κ2) is 6.95. The van der Waals surface area contributed by atoms with Crippen molar-refractivity contribution in [2.45, 2.75) is 109 Å². The van der Waals surface area contributed by atoms with Crippen LogP contribution in [0.15, 0.2) is 0 Å². The van der Waals surface area contributed by atoms with Crippen LogP contribution in [0.3, 0.4) is 0 Å². The summed E-state index contributed by atoms with van der Waals surface area (Å²) in [7, 11) is 0. The lowest BCUT2D eigenvalue weighted by molar-refractivity contribution is -0.267. The summed E-state index contributed by atoms with van der Waals surface area (Å²) in [5, 5.41) is 0. The van der Waals surface area contributed by atoms with Crippen molar-refractivity contribution < 1.29 is 9.47 Å². The van der Waals surface area contributed by atoms with E-state index >= 15 is 0 Å². The first-order valence-electron chi connectivity index (χ1n) is 13.3. The maximum atomic E-state index is 6.99. The van der Waals surface area contributed by atoms with Gasteiger partial charge in [-0.05, 0) is 97.7 Å². The van der Waals surface area contributed by atoms with E-state index in [2.05, 4.69) is 43.6 Å². The predicted octanol–water partition coefficient (Wildman–Crippen LogP) is 7.20. The SMILES string of the molecule is CC1CO[C@@]2(O[C@H]3C[C@H]4[C@@H]5CCC6CCCC[C@]6(C)[C@H]5CC[C@]4(C)[C@H]3[C@@H]2C)C(Br)C1. The first-order valence-corrected chi connectivity index (χ1v) is 14.2. The first-order chi connectivity index (χ1) is 14.3. The summed E-state index contributed by atoms with van der Waals surface area (Å²) in [5.74, 6) is 5.24. The van der Waals surface area contributed by atoms with E-state index in [1.54, 1.807) is 0 Å². The van der Waals surface area contributed by atoms with E-state index in [0.717, 1.165) is 30.3 Å². The third-order valence-corrected chi connectivity index (χ3v) is 12.8. The second-order valence-electron chi connectivity index (χ2n) is 13.0. The fourth-order valence-corrected chi connectivity index (χ4v) is 11.7. The van der Waals surface area contributed by atoms with Gasteiger partial charge in [-0.25, -0.2) is 0 Å². The van der Waals surface area contributed by atoms with E-state index in [1.807, 2.05) is 0 Å². The zero-order valence-electron chi connectivity index (χ0n) is 19.7. The molecule has 3 unspecified atom stereocenters. The molecule has 4 saturated carbocycles. The molecule has 6 rings (SSSR count). The van der Waals surface area contributed by atoms with Crippen molar-refractivity contribution in [1.29, 1.82) is 0 Å². The van der Waals surface area contributed by atoms with Gasteiger partial charge in [-0.1, -0.05) is 56.5 Å². The minimum atomic E-state index is -0.375. The molecule has 0 aromatic rings. The molecule has 2 aliphatic heterocycles. The monoisotopic (exact) mass is 478 g/mol. The summed E-state index contributed by atoms with van der Waals surface area (Å²) in [6.07, 6.45) is 14.8. The highest BCUT2D eigenvalue weighted by molar-refractivity contribution is 9.09. The lowest BCUT2D eigenvalue weighted by atomic mass is 9.44. The molecule has 12 atom stereocenters. The largest absolute Gasteiger partial charge is 0.348 e. The topological polar surface area (TPSA) is 18.5 Å². The van der Waals surface area contributed by atoms with Gasteiger partial charge in [0.2, 0.25) is 0 Å². The second-order valence-corrected chi connectivity index (χ2v) is 14.1. The Morgan fingerprint density at radius 3 is 2.50 bits per heavy atom. The highest BCUT2D eigenvalue weighted by Crippen LogP contribution is 2.71. The quantitative estimate of drug-likeness (QED) is 0.342. The molecule has 0 amide bonds. The van der Waals surface area contributed by atoms with Gasteiger partial charge in [0.05, 0.1) is 17.5 Å². The lowest BCUT2D eigenvalue weighted by Crippen LogP contribution is -2.56. The summed E-state index contributed by atoms with van der Waals surface area (Å²) >= 11 is 4.02. The van der Waals surface area contributed by atoms with E-state index < -0.39 is 0 Å². The van der Waals surface area contributed by atoms with Gasteiger partial charge in [-0.2, -0.15) is 0 Å². The maximum absolute atomic E-state index is 6.99. The van der Waals surface area contributed by atoms with E-state index in [9.17, 15) is 0 Å². The van der Waals surface area contributed by atoms with Crippen LogP contribution >= 0.6 is 15.9 Å². The Bertz CT molecular complexity index is 696. The summed E-state index contributed by atoms with van der Waals surface area (Å²) in [5.41, 5.74) is 1.09. The third kappa shape index (κ3) is 2.61. The van der Waals surface area contributed by atoms with Crippen LogP contribution in [0.25, 0.3) is 0 Å². The van der Waals surface area contributed by atoms with E-state index in [0.29, 0.717) is 39.5 Å². The molecule has 1 spiro atoms. The van der Waals surface area contributed by atoms with Crippen LogP contribution in [-0.2, 0) is 9.47 Å². The van der Waals surface area contributed by atoms with Crippen molar-refractivity contribution in [2.24, 2.45) is 52.3 Å². The first kappa shape index (κ1) is 21.0. The van der Waals surface area contributed by atoms with Gasteiger partial charge in [0, 0.05) is 5.92 Å². The zero-order valence-corrected chi connectivity index (χ0v) is 21.3. The van der Waals surface area contributed by atoms with Gasteiger partial charge in [-0.15, -0.1) is 0 Å². The number of alkyl halides is 1. The summed E-state index contributed by atoms with van der Waals surface area (Å²) in [6, 6.07) is 0. The van der Waals surface area contributed by atoms with Crippen molar-refractivity contribution in [3.8, 4) is 0 Å². The van der Waals surface area contributed by atoms with Crippen LogP contribution in [0.4, 0.5) is 0 Å². The molecule has 0 aromatic heterocycles. The van der Waals surface area contributed by atoms with E-state index in [4.69, 9.17) is 9.47 Å². The van der Waals surface area contributed by atoms with E-state index in [1.165, 1.54) is 64.2 Å². The third-order valence-electron chi connectivity index (χ3n) is 11.8. The molecule has 6 fully saturated rings. The van der Waals surface area contributed by atoms with Gasteiger partial charge in [0.25, 0.3) is 0 Å². The molecular formula is C27H43BrO2. The van der Waals surface area contributed by atoms with Crippen LogP contribution in [0, 0.1) is 52.3 Å². The van der Waals surface area contributed by atoms with Crippen LogP contribution < -0.4 is 0 Å². The molecule has 2 nitrogen and oxygen atoms in total. The minimum Gasteiger partial charge on any atom is -0.348 e. The molecule has 4 aliphatic carbocycles. The van der Waals surface area contributed by atoms with Gasteiger partial charge in [-0.3, -0.25) is 0 Å². The molecule has 0 radical (unpaired) electrons. The fraction of sp³-hybridized carbons (Fsp3) is 1.00. The Balaban J connectivity index is 1.28. The number of hydrogen-bond acceptors (Lipinski definition) is 2. The summed E-state index contributed by atoms with van der Waals surface area (Å²) in [6.45, 7) is 11.0. The molecule has 2 heterocycles. The molecule has 6 aliphatic rings. The summed E-state index contributed by atoms with van der Waals surface area (Å²) in [4.78, 5) is 0.337. The average Bonchev–Trinajstić information content (AvgIpc) is 3.16. The van der Waals surface area contributed by atoms with Crippen LogP contribution in [-0.4, -0.2) is 23.3 Å². The molecule has 0 N–H and O–H groups in total. The smallest absolute Gasteiger partial charge is 0.184 e. The highest BCUT2D eigenvalue weighted by Gasteiger charge is 2.70. The summed E-state index contributed by atoms with van der Waals surface area (Å²) < 4.78 is 13.5. The lowest BCUT2D eigenvalue weighted by Gasteiger charge is -2.61. The normalized spacial score (nSPS) is 62.5. The molecule has 0 aromatic carbocycles. The number of fused-ring (bicyclic) bond motifs is 7. The molecule has 2 saturated heterocycles. The Morgan fingerprint density at radius 1 is 0.867 bits per heavy atom. The van der Waals surface area contributed by atoms with Gasteiger partial charge < -0.3 is 9.47 Å². The van der Waals surface area contributed by atoms with Gasteiger partial charge in [0.1, 0.15) is 0 Å². The number of hydrogen-bond donors (Lipinski definition) is 0. The number of ether oxygens (including phenoxy) is 2. The maximum Gasteiger partial charge on any atom is 0.184 e.